The smallest absolute Gasteiger partial charge is 0.0743 e. The largest absolute Gasteiger partial charge is 0.256 e. The molecule has 0 unspecified atom stereocenters. The van der Waals surface area contributed by atoms with Gasteiger partial charge in [0.05, 0.1) is 5.52 Å². The number of pyridine rings is 1. The Bertz CT molecular complexity index is 743. The van der Waals surface area contributed by atoms with Crippen LogP contribution in [-0.2, 0) is 6.42 Å². The number of rotatable bonds is 1. The Hall–Kier alpha value is -2.59. The molecule has 19 heavy (non-hydrogen) atoms. The summed E-state index contributed by atoms with van der Waals surface area (Å²) < 4.78 is 0. The van der Waals surface area contributed by atoms with Gasteiger partial charge >= 0.3 is 0 Å². The minimum absolute atomic E-state index is 0.725. The van der Waals surface area contributed by atoms with E-state index in [4.69, 9.17) is 0 Å². The molecule has 90 valence electrons. The van der Waals surface area contributed by atoms with Crippen molar-refractivity contribution in [1.29, 1.82) is 0 Å². The van der Waals surface area contributed by atoms with Gasteiger partial charge in [-0.25, -0.2) is 0 Å². The molecule has 0 radical (unpaired) electrons. The zero-order valence-electron chi connectivity index (χ0n) is 10.5. The number of hydrogen-bond donors (Lipinski definition) is 0. The van der Waals surface area contributed by atoms with Gasteiger partial charge in [-0.1, -0.05) is 54.3 Å². The highest BCUT2D eigenvalue weighted by Crippen LogP contribution is 2.15. The summed E-state index contributed by atoms with van der Waals surface area (Å²) in [7, 11) is 0. The van der Waals surface area contributed by atoms with E-state index in [1.54, 1.807) is 0 Å². The molecule has 3 rings (SSSR count). The van der Waals surface area contributed by atoms with Crippen LogP contribution in [0.1, 0.15) is 11.1 Å². The zero-order chi connectivity index (χ0) is 12.9. The maximum Gasteiger partial charge on any atom is 0.0743 e. The molecule has 0 aliphatic carbocycles. The van der Waals surface area contributed by atoms with E-state index in [0.29, 0.717) is 0 Å². The molecular weight excluding hydrogens is 230 g/mol. The molecule has 1 aromatic heterocycles. The van der Waals surface area contributed by atoms with Crippen molar-refractivity contribution in [3.8, 4) is 11.8 Å². The standard InChI is InChI=1S/C18H13N/c1-2-7-15(8-3-1)9-4-10-16-11-5-12-17-13-6-14-19-18(16)17/h1-3,5-8,11-14H,10H2. The summed E-state index contributed by atoms with van der Waals surface area (Å²) in [6.07, 6.45) is 2.56. The van der Waals surface area contributed by atoms with Crippen molar-refractivity contribution in [2.75, 3.05) is 0 Å². The molecule has 1 heterocycles. The maximum atomic E-state index is 4.44. The Morgan fingerprint density at radius 3 is 2.58 bits per heavy atom. The van der Waals surface area contributed by atoms with Crippen LogP contribution in [0.15, 0.2) is 66.9 Å². The van der Waals surface area contributed by atoms with Crippen LogP contribution < -0.4 is 0 Å². The van der Waals surface area contributed by atoms with Gasteiger partial charge in [-0.15, -0.1) is 0 Å². The summed E-state index contributed by atoms with van der Waals surface area (Å²) in [5, 5.41) is 1.17. The summed E-state index contributed by atoms with van der Waals surface area (Å²) in [6, 6.07) is 20.3. The molecule has 1 heteroatoms. The van der Waals surface area contributed by atoms with Crippen LogP contribution in [0.3, 0.4) is 0 Å². The van der Waals surface area contributed by atoms with Gasteiger partial charge in [-0.3, -0.25) is 4.98 Å². The van der Waals surface area contributed by atoms with Crippen LogP contribution in [0, 0.1) is 11.8 Å². The van der Waals surface area contributed by atoms with E-state index >= 15 is 0 Å². The van der Waals surface area contributed by atoms with Gasteiger partial charge in [0, 0.05) is 23.6 Å². The van der Waals surface area contributed by atoms with E-state index < -0.39 is 0 Å². The highest BCUT2D eigenvalue weighted by molar-refractivity contribution is 5.81. The molecule has 1 nitrogen and oxygen atoms in total. The number of nitrogens with zero attached hydrogens (tertiary/aromatic N) is 1. The first-order valence-electron chi connectivity index (χ1n) is 6.30. The minimum Gasteiger partial charge on any atom is -0.256 e. The quantitative estimate of drug-likeness (QED) is 0.592. The number of benzene rings is 2. The van der Waals surface area contributed by atoms with Gasteiger partial charge < -0.3 is 0 Å². The van der Waals surface area contributed by atoms with E-state index in [1.165, 1.54) is 10.9 Å². The molecule has 0 N–H and O–H groups in total. The first kappa shape index (κ1) is 11.5. The summed E-state index contributed by atoms with van der Waals surface area (Å²) in [5.41, 5.74) is 3.28. The number of hydrogen-bond acceptors (Lipinski definition) is 1. The summed E-state index contributed by atoms with van der Waals surface area (Å²) in [5.74, 6) is 6.40. The van der Waals surface area contributed by atoms with Crippen molar-refractivity contribution >= 4 is 10.9 Å². The minimum atomic E-state index is 0.725. The van der Waals surface area contributed by atoms with Crippen molar-refractivity contribution in [2.45, 2.75) is 6.42 Å². The Labute approximate surface area is 112 Å². The summed E-state index contributed by atoms with van der Waals surface area (Å²) in [4.78, 5) is 4.44. The van der Waals surface area contributed by atoms with Crippen molar-refractivity contribution in [3.05, 3.63) is 78.0 Å². The molecule has 0 fully saturated rings. The van der Waals surface area contributed by atoms with Crippen LogP contribution >= 0.6 is 0 Å². The molecule has 0 atom stereocenters. The number of aromatic nitrogens is 1. The lowest BCUT2D eigenvalue weighted by atomic mass is 10.1. The molecule has 0 aliphatic rings. The predicted molar refractivity (Wildman–Crippen MR) is 78.8 cm³/mol. The van der Waals surface area contributed by atoms with Crippen LogP contribution in [-0.4, -0.2) is 4.98 Å². The Morgan fingerprint density at radius 2 is 1.68 bits per heavy atom. The van der Waals surface area contributed by atoms with Gasteiger partial charge in [-0.05, 0) is 23.8 Å². The van der Waals surface area contributed by atoms with Gasteiger partial charge in [0.25, 0.3) is 0 Å². The van der Waals surface area contributed by atoms with Gasteiger partial charge in [0.15, 0.2) is 0 Å². The topological polar surface area (TPSA) is 12.9 Å². The van der Waals surface area contributed by atoms with E-state index in [0.717, 1.165) is 17.5 Å². The number of para-hydroxylation sites is 1. The van der Waals surface area contributed by atoms with E-state index in [9.17, 15) is 0 Å². The fourth-order valence-electron chi connectivity index (χ4n) is 2.07. The van der Waals surface area contributed by atoms with E-state index in [1.807, 2.05) is 42.6 Å². The predicted octanol–water partition coefficient (Wildman–Crippen LogP) is 3.83. The molecular formula is C18H13N. The molecule has 0 saturated carbocycles. The molecule has 0 amide bonds. The molecule has 0 saturated heterocycles. The lowest BCUT2D eigenvalue weighted by molar-refractivity contribution is 1.29. The highest BCUT2D eigenvalue weighted by Gasteiger charge is 1.99. The maximum absolute atomic E-state index is 4.44. The fourth-order valence-corrected chi connectivity index (χ4v) is 2.07. The van der Waals surface area contributed by atoms with E-state index in [2.05, 4.69) is 41.1 Å². The summed E-state index contributed by atoms with van der Waals surface area (Å²) in [6.45, 7) is 0. The van der Waals surface area contributed by atoms with Crippen LogP contribution in [0.4, 0.5) is 0 Å². The van der Waals surface area contributed by atoms with Crippen molar-refractivity contribution < 1.29 is 0 Å². The van der Waals surface area contributed by atoms with Crippen LogP contribution in [0.2, 0.25) is 0 Å². The van der Waals surface area contributed by atoms with Gasteiger partial charge in [0.2, 0.25) is 0 Å². The Kier molecular flexibility index (Phi) is 3.25. The molecule has 0 spiro atoms. The zero-order valence-corrected chi connectivity index (χ0v) is 10.5. The second kappa shape index (κ2) is 5.37. The lowest BCUT2D eigenvalue weighted by Crippen LogP contribution is -1.87. The second-order valence-electron chi connectivity index (χ2n) is 4.34. The number of fused-ring (bicyclic) bond motifs is 1. The first-order valence-corrected chi connectivity index (χ1v) is 6.30. The monoisotopic (exact) mass is 243 g/mol. The van der Waals surface area contributed by atoms with Gasteiger partial charge in [-0.2, -0.15) is 0 Å². The molecule has 3 aromatic rings. The highest BCUT2D eigenvalue weighted by atomic mass is 14.6. The third-order valence-electron chi connectivity index (χ3n) is 3.00. The Morgan fingerprint density at radius 1 is 0.842 bits per heavy atom. The molecule has 2 aromatic carbocycles. The van der Waals surface area contributed by atoms with Crippen molar-refractivity contribution in [3.63, 3.8) is 0 Å². The van der Waals surface area contributed by atoms with Crippen LogP contribution in [0.5, 0.6) is 0 Å². The lowest BCUT2D eigenvalue weighted by Gasteiger charge is -2.01. The third-order valence-corrected chi connectivity index (χ3v) is 3.00. The van der Waals surface area contributed by atoms with Gasteiger partial charge in [0.1, 0.15) is 0 Å². The van der Waals surface area contributed by atoms with E-state index in [-0.39, 0.29) is 0 Å². The fraction of sp³-hybridized carbons (Fsp3) is 0.0556. The van der Waals surface area contributed by atoms with Crippen molar-refractivity contribution in [1.82, 2.24) is 4.98 Å². The SMILES string of the molecule is C(#Cc1ccccc1)Cc1cccc2cccnc12. The van der Waals surface area contributed by atoms with Crippen LogP contribution in [0.25, 0.3) is 10.9 Å². The first-order chi connectivity index (χ1) is 9.43. The second-order valence-corrected chi connectivity index (χ2v) is 4.34. The third kappa shape index (κ3) is 2.64. The molecule has 0 aliphatic heterocycles. The van der Waals surface area contributed by atoms with Crippen molar-refractivity contribution in [2.24, 2.45) is 0 Å². The normalized spacial score (nSPS) is 9.89. The average molecular weight is 243 g/mol. The Balaban J connectivity index is 1.89. The average Bonchev–Trinajstić information content (AvgIpc) is 2.49. The molecule has 0 bridgehead atoms. The summed E-state index contributed by atoms with van der Waals surface area (Å²) >= 11 is 0.